The second-order valence-electron chi connectivity index (χ2n) is 10.9. The Morgan fingerprint density at radius 3 is 2.26 bits per heavy atom. The number of esters is 1. The zero-order valence-corrected chi connectivity index (χ0v) is 24.3. The highest BCUT2D eigenvalue weighted by molar-refractivity contribution is 6.27. The van der Waals surface area contributed by atoms with Crippen LogP contribution in [0.2, 0.25) is 0 Å². The second kappa shape index (κ2) is 14.0. The van der Waals surface area contributed by atoms with Gasteiger partial charge in [0, 0.05) is 38.3 Å². The van der Waals surface area contributed by atoms with E-state index in [1.54, 1.807) is 0 Å². The molecule has 0 radical (unpaired) electrons. The molecule has 0 aromatic heterocycles. The van der Waals surface area contributed by atoms with Gasteiger partial charge in [0.05, 0.1) is 12.2 Å². The predicted octanol–water partition coefficient (Wildman–Crippen LogP) is 5.36. The largest absolute Gasteiger partial charge is 0.466 e. The highest BCUT2D eigenvalue weighted by Gasteiger charge is 2.37. The Bertz CT molecular complexity index is 1410. The maximum absolute atomic E-state index is 14.4. The Morgan fingerprint density at radius 2 is 1.55 bits per heavy atom. The van der Waals surface area contributed by atoms with Gasteiger partial charge in [-0.15, -0.1) is 0 Å². The molecule has 3 aromatic carbocycles. The maximum atomic E-state index is 14.4. The van der Waals surface area contributed by atoms with E-state index in [9.17, 15) is 14.4 Å². The van der Waals surface area contributed by atoms with E-state index < -0.39 is 0 Å². The maximum Gasteiger partial charge on any atom is 0.306 e. The molecule has 1 fully saturated rings. The van der Waals surface area contributed by atoms with Crippen LogP contribution in [0.15, 0.2) is 90.6 Å². The molecule has 3 aromatic rings. The minimum Gasteiger partial charge on any atom is -0.466 e. The lowest BCUT2D eigenvalue weighted by Crippen LogP contribution is -2.45. The number of fused-ring (bicyclic) bond motifs is 1. The summed E-state index contributed by atoms with van der Waals surface area (Å²) >= 11 is 0. The van der Waals surface area contributed by atoms with Crippen molar-refractivity contribution < 1.29 is 19.1 Å². The third kappa shape index (κ3) is 6.90. The number of amides is 2. The Labute approximate surface area is 248 Å². The fourth-order valence-electron chi connectivity index (χ4n) is 5.87. The van der Waals surface area contributed by atoms with Gasteiger partial charge in [-0.3, -0.25) is 14.4 Å². The summed E-state index contributed by atoms with van der Waals surface area (Å²) in [6.07, 6.45) is 3.48. The van der Waals surface area contributed by atoms with Crippen LogP contribution in [0, 0.1) is 5.92 Å². The van der Waals surface area contributed by atoms with E-state index in [-0.39, 0.29) is 23.7 Å². The zero-order chi connectivity index (χ0) is 29.3. The van der Waals surface area contributed by atoms with Gasteiger partial charge in [0.2, 0.25) is 0 Å². The summed E-state index contributed by atoms with van der Waals surface area (Å²) in [7, 11) is 0. The quantitative estimate of drug-likeness (QED) is 0.265. The first kappa shape index (κ1) is 29.1. The lowest BCUT2D eigenvalue weighted by molar-refractivity contribution is -0.144. The second-order valence-corrected chi connectivity index (χ2v) is 10.9. The first-order valence-electron chi connectivity index (χ1n) is 15.0. The lowest BCUT2D eigenvalue weighted by atomic mass is 9.90. The molecule has 7 heteroatoms. The Balaban J connectivity index is 1.42. The third-order valence-corrected chi connectivity index (χ3v) is 8.05. The minimum absolute atomic E-state index is 0.155. The normalized spacial score (nSPS) is 15.3. The Kier molecular flexibility index (Phi) is 9.70. The van der Waals surface area contributed by atoms with Gasteiger partial charge in [0.15, 0.2) is 0 Å². The number of anilines is 1. The standard InChI is InChI=1S/C35H39N3O4/c1-2-42-31(39)24-27-19-22-37(23-20-27)35(41)33-32(34(40)36-21-11-14-26-12-5-3-6-13-26)30-18-10-9-15-28(30)25-38(33)29-16-7-4-8-17-29/h3-10,12-13,15-18,27H,2,11,14,19-25H2,1H3,(H,36,40). The molecule has 0 bridgehead atoms. The van der Waals surface area contributed by atoms with Crippen molar-refractivity contribution in [2.75, 3.05) is 31.1 Å². The minimum atomic E-state index is -0.239. The van der Waals surface area contributed by atoms with E-state index >= 15 is 0 Å². The predicted molar refractivity (Wildman–Crippen MR) is 164 cm³/mol. The number of carbonyl (C=O) groups is 3. The summed E-state index contributed by atoms with van der Waals surface area (Å²) in [5.41, 5.74) is 4.71. The van der Waals surface area contributed by atoms with Crippen LogP contribution >= 0.6 is 0 Å². The Hall–Kier alpha value is -4.39. The number of aryl methyl sites for hydroxylation is 1. The molecule has 1 saturated heterocycles. The number of nitrogens with zero attached hydrogens (tertiary/aromatic N) is 2. The topological polar surface area (TPSA) is 78.9 Å². The summed E-state index contributed by atoms with van der Waals surface area (Å²) in [5.74, 6) is -0.392. The summed E-state index contributed by atoms with van der Waals surface area (Å²) in [6.45, 7) is 4.24. The fraction of sp³-hybridized carbons (Fsp3) is 0.343. The van der Waals surface area contributed by atoms with Gasteiger partial charge in [-0.05, 0) is 67.3 Å². The average Bonchev–Trinajstić information content (AvgIpc) is 3.03. The lowest BCUT2D eigenvalue weighted by Gasteiger charge is -2.38. The summed E-state index contributed by atoms with van der Waals surface area (Å²) in [6, 6.07) is 27.9. The molecule has 42 heavy (non-hydrogen) atoms. The van der Waals surface area contributed by atoms with Crippen molar-refractivity contribution in [1.29, 1.82) is 0 Å². The van der Waals surface area contributed by atoms with Gasteiger partial charge in [-0.1, -0.05) is 72.8 Å². The molecule has 0 saturated carbocycles. The zero-order valence-electron chi connectivity index (χ0n) is 24.3. The number of hydrogen-bond donors (Lipinski definition) is 1. The van der Waals surface area contributed by atoms with Gasteiger partial charge in [0.1, 0.15) is 5.70 Å². The van der Waals surface area contributed by atoms with Crippen LogP contribution in [-0.2, 0) is 32.1 Å². The van der Waals surface area contributed by atoms with Crippen molar-refractivity contribution in [2.45, 2.75) is 45.6 Å². The van der Waals surface area contributed by atoms with Crippen LogP contribution in [0.4, 0.5) is 5.69 Å². The summed E-state index contributed by atoms with van der Waals surface area (Å²) in [5, 5.41) is 3.12. The molecular formula is C35H39N3O4. The number of nitrogens with one attached hydrogen (secondary N) is 1. The van der Waals surface area contributed by atoms with Crippen molar-refractivity contribution in [1.82, 2.24) is 10.2 Å². The van der Waals surface area contributed by atoms with Crippen molar-refractivity contribution >= 4 is 29.0 Å². The number of para-hydroxylation sites is 1. The highest BCUT2D eigenvalue weighted by atomic mass is 16.5. The fourth-order valence-corrected chi connectivity index (χ4v) is 5.87. The van der Waals surface area contributed by atoms with Crippen LogP contribution in [0.25, 0.3) is 5.57 Å². The van der Waals surface area contributed by atoms with Crippen molar-refractivity contribution in [2.24, 2.45) is 5.92 Å². The smallest absolute Gasteiger partial charge is 0.306 e. The van der Waals surface area contributed by atoms with Gasteiger partial charge >= 0.3 is 5.97 Å². The first-order valence-corrected chi connectivity index (χ1v) is 15.0. The first-order chi connectivity index (χ1) is 20.5. The third-order valence-electron chi connectivity index (χ3n) is 8.05. The van der Waals surface area contributed by atoms with E-state index in [1.165, 1.54) is 5.56 Å². The van der Waals surface area contributed by atoms with Crippen LogP contribution in [0.3, 0.4) is 0 Å². The molecule has 0 spiro atoms. The average molecular weight is 566 g/mol. The molecule has 0 atom stereocenters. The molecule has 7 nitrogen and oxygen atoms in total. The van der Waals surface area contributed by atoms with E-state index in [0.717, 1.165) is 42.5 Å². The van der Waals surface area contributed by atoms with Gasteiger partial charge < -0.3 is 19.9 Å². The molecule has 5 rings (SSSR count). The van der Waals surface area contributed by atoms with Crippen molar-refractivity contribution in [3.63, 3.8) is 0 Å². The molecule has 218 valence electrons. The molecule has 2 amide bonds. The van der Waals surface area contributed by atoms with Crippen LogP contribution < -0.4 is 10.2 Å². The van der Waals surface area contributed by atoms with Crippen LogP contribution in [-0.4, -0.2) is 48.9 Å². The van der Waals surface area contributed by atoms with E-state index in [1.807, 2.05) is 89.5 Å². The van der Waals surface area contributed by atoms with Gasteiger partial charge in [-0.25, -0.2) is 0 Å². The Morgan fingerprint density at radius 1 is 0.881 bits per heavy atom. The van der Waals surface area contributed by atoms with E-state index in [4.69, 9.17) is 4.74 Å². The summed E-state index contributed by atoms with van der Waals surface area (Å²) in [4.78, 5) is 44.2. The van der Waals surface area contributed by atoms with Crippen LogP contribution in [0.1, 0.15) is 49.3 Å². The molecule has 1 N–H and O–H groups in total. The number of carbonyl (C=O) groups excluding carboxylic acids is 3. The van der Waals surface area contributed by atoms with Crippen LogP contribution in [0.5, 0.6) is 0 Å². The SMILES string of the molecule is CCOC(=O)CC1CCN(C(=O)C2=C(C(=O)NCCCc3ccccc3)c3ccccc3CN2c2ccccc2)CC1. The number of benzene rings is 3. The molecule has 0 unspecified atom stereocenters. The molecule has 2 heterocycles. The van der Waals surface area contributed by atoms with Gasteiger partial charge in [-0.2, -0.15) is 0 Å². The van der Waals surface area contributed by atoms with Gasteiger partial charge in [0.25, 0.3) is 11.8 Å². The van der Waals surface area contributed by atoms with Crippen molar-refractivity contribution in [3.05, 3.63) is 107 Å². The molecule has 2 aliphatic rings. The van der Waals surface area contributed by atoms with Crippen molar-refractivity contribution in [3.8, 4) is 0 Å². The number of ether oxygens (including phenoxy) is 1. The monoisotopic (exact) mass is 565 g/mol. The number of likely N-dealkylation sites (tertiary alicyclic amines) is 1. The molecule has 0 aliphatic carbocycles. The molecule has 2 aliphatic heterocycles. The summed E-state index contributed by atoms with van der Waals surface area (Å²) < 4.78 is 5.14. The number of piperidine rings is 1. The molecular weight excluding hydrogens is 526 g/mol. The number of hydrogen-bond acceptors (Lipinski definition) is 5. The van der Waals surface area contributed by atoms with E-state index in [0.29, 0.717) is 50.5 Å². The highest BCUT2D eigenvalue weighted by Crippen LogP contribution is 2.37. The van der Waals surface area contributed by atoms with E-state index in [2.05, 4.69) is 17.4 Å². The number of rotatable bonds is 10.